The third-order valence-electron chi connectivity index (χ3n) is 2.58. The number of allylic oxidation sites excluding steroid dienone is 4. The molecule has 0 amide bonds. The molecule has 0 aromatic heterocycles. The van der Waals surface area contributed by atoms with Crippen molar-refractivity contribution >= 4 is 33.1 Å². The van der Waals surface area contributed by atoms with E-state index in [1.54, 1.807) is 25.1 Å². The summed E-state index contributed by atoms with van der Waals surface area (Å²) in [5, 5.41) is -0.00971. The van der Waals surface area contributed by atoms with Crippen molar-refractivity contribution in [2.24, 2.45) is 4.40 Å². The van der Waals surface area contributed by atoms with Gasteiger partial charge in [-0.2, -0.15) is 12.8 Å². The van der Waals surface area contributed by atoms with Crippen LogP contribution in [0, 0.1) is 0 Å². The molecule has 0 unspecified atom stereocenters. The largest absolute Gasteiger partial charge is 0.288 e. The van der Waals surface area contributed by atoms with Gasteiger partial charge in [-0.25, -0.2) is 0 Å². The SMILES string of the molecule is CC1=C(Cl)C(=O)C=CC1=NS(=O)(=O)c1ccccc1. The van der Waals surface area contributed by atoms with Gasteiger partial charge < -0.3 is 0 Å². The highest BCUT2D eigenvalue weighted by Crippen LogP contribution is 2.20. The number of rotatable bonds is 2. The van der Waals surface area contributed by atoms with Gasteiger partial charge in [0.15, 0.2) is 5.78 Å². The van der Waals surface area contributed by atoms with E-state index in [9.17, 15) is 13.2 Å². The second kappa shape index (κ2) is 5.11. The molecule has 2 rings (SSSR count). The maximum absolute atomic E-state index is 12.1. The lowest BCUT2D eigenvalue weighted by atomic mass is 10.1. The first-order valence-electron chi connectivity index (χ1n) is 5.41. The third-order valence-corrected chi connectivity index (χ3v) is 4.36. The summed E-state index contributed by atoms with van der Waals surface area (Å²) in [6.07, 6.45) is 2.55. The van der Waals surface area contributed by atoms with Crippen LogP contribution >= 0.6 is 11.6 Å². The summed E-state index contributed by atoms with van der Waals surface area (Å²) >= 11 is 5.79. The number of ketones is 1. The van der Waals surface area contributed by atoms with Crippen LogP contribution in [0.5, 0.6) is 0 Å². The number of carbonyl (C=O) groups excluding carboxylic acids is 1. The summed E-state index contributed by atoms with van der Waals surface area (Å²) < 4.78 is 27.8. The van der Waals surface area contributed by atoms with Crippen LogP contribution in [0.15, 0.2) is 62.4 Å². The second-order valence-corrected chi connectivity index (χ2v) is 5.88. The highest BCUT2D eigenvalue weighted by atomic mass is 35.5. The Hall–Kier alpha value is -1.72. The van der Waals surface area contributed by atoms with E-state index in [4.69, 9.17) is 11.6 Å². The van der Waals surface area contributed by atoms with E-state index in [0.29, 0.717) is 5.57 Å². The Bertz CT molecular complexity index is 716. The van der Waals surface area contributed by atoms with Gasteiger partial charge >= 0.3 is 0 Å². The molecular formula is C13H10ClNO3S. The molecule has 1 aromatic rings. The topological polar surface area (TPSA) is 63.6 Å². The van der Waals surface area contributed by atoms with Crippen LogP contribution in [0.3, 0.4) is 0 Å². The van der Waals surface area contributed by atoms with Crippen molar-refractivity contribution in [2.75, 3.05) is 0 Å². The normalized spacial score (nSPS) is 18.2. The van der Waals surface area contributed by atoms with E-state index in [2.05, 4.69) is 4.40 Å². The van der Waals surface area contributed by atoms with Gasteiger partial charge in [0.25, 0.3) is 10.0 Å². The van der Waals surface area contributed by atoms with Gasteiger partial charge in [0.05, 0.1) is 15.6 Å². The predicted octanol–water partition coefficient (Wildman–Crippen LogP) is 2.47. The van der Waals surface area contributed by atoms with Gasteiger partial charge in [-0.3, -0.25) is 4.79 Å². The summed E-state index contributed by atoms with van der Waals surface area (Å²) in [6, 6.07) is 7.86. The van der Waals surface area contributed by atoms with Crippen molar-refractivity contribution in [2.45, 2.75) is 11.8 Å². The quantitative estimate of drug-likeness (QED) is 0.787. The molecule has 4 nitrogen and oxygen atoms in total. The molecule has 0 aliphatic heterocycles. The maximum Gasteiger partial charge on any atom is 0.282 e. The van der Waals surface area contributed by atoms with Gasteiger partial charge in [-0.15, -0.1) is 0 Å². The Morgan fingerprint density at radius 1 is 1.11 bits per heavy atom. The lowest BCUT2D eigenvalue weighted by Gasteiger charge is -2.09. The number of carbonyl (C=O) groups is 1. The van der Waals surface area contributed by atoms with E-state index < -0.39 is 10.0 Å². The molecule has 0 bridgehead atoms. The summed E-state index contributed by atoms with van der Waals surface area (Å²) in [4.78, 5) is 11.4. The first kappa shape index (κ1) is 13.7. The van der Waals surface area contributed by atoms with Gasteiger partial charge in [0.2, 0.25) is 0 Å². The van der Waals surface area contributed by atoms with Gasteiger partial charge in [0.1, 0.15) is 0 Å². The van der Waals surface area contributed by atoms with Crippen LogP contribution in [0.4, 0.5) is 0 Å². The second-order valence-electron chi connectivity index (χ2n) is 3.90. The molecule has 6 heteroatoms. The average molecular weight is 296 g/mol. The molecule has 0 fully saturated rings. The van der Waals surface area contributed by atoms with Gasteiger partial charge in [0, 0.05) is 0 Å². The number of hydrogen-bond donors (Lipinski definition) is 0. The Morgan fingerprint density at radius 2 is 1.74 bits per heavy atom. The fourth-order valence-corrected chi connectivity index (χ4v) is 2.75. The van der Waals surface area contributed by atoms with Crippen LogP contribution in [0.2, 0.25) is 0 Å². The van der Waals surface area contributed by atoms with Gasteiger partial charge in [-0.05, 0) is 36.8 Å². The highest BCUT2D eigenvalue weighted by Gasteiger charge is 2.19. The Morgan fingerprint density at radius 3 is 2.37 bits per heavy atom. The molecule has 0 saturated heterocycles. The van der Waals surface area contributed by atoms with Crippen molar-refractivity contribution in [1.29, 1.82) is 0 Å². The molecule has 98 valence electrons. The molecule has 1 aliphatic carbocycles. The van der Waals surface area contributed by atoms with Crippen molar-refractivity contribution in [3.8, 4) is 0 Å². The van der Waals surface area contributed by atoms with Crippen LogP contribution in [0.1, 0.15) is 6.92 Å². The van der Waals surface area contributed by atoms with Crippen molar-refractivity contribution in [3.05, 3.63) is 53.1 Å². The molecule has 0 spiro atoms. The van der Waals surface area contributed by atoms with Crippen LogP contribution < -0.4 is 0 Å². The van der Waals surface area contributed by atoms with Crippen molar-refractivity contribution in [3.63, 3.8) is 0 Å². The Labute approximate surface area is 116 Å². The van der Waals surface area contributed by atoms with Crippen LogP contribution in [-0.4, -0.2) is 19.9 Å². The number of halogens is 1. The zero-order chi connectivity index (χ0) is 14.0. The number of sulfonamides is 1. The standard InChI is InChI=1S/C13H10ClNO3S/c1-9-11(7-8-12(16)13(9)14)15-19(17,18)10-5-3-2-4-6-10/h2-8H,1H3. The molecule has 1 aromatic carbocycles. The summed E-state index contributed by atoms with van der Waals surface area (Å²) in [7, 11) is -3.80. The average Bonchev–Trinajstić information content (AvgIpc) is 2.40. The zero-order valence-corrected chi connectivity index (χ0v) is 11.6. The fraction of sp³-hybridized carbons (Fsp3) is 0.0769. The van der Waals surface area contributed by atoms with E-state index in [-0.39, 0.29) is 21.4 Å². The van der Waals surface area contributed by atoms with E-state index >= 15 is 0 Å². The van der Waals surface area contributed by atoms with Crippen molar-refractivity contribution < 1.29 is 13.2 Å². The Balaban J connectivity index is 2.49. The monoisotopic (exact) mass is 295 g/mol. The lowest BCUT2D eigenvalue weighted by molar-refractivity contribution is -0.110. The number of hydrogen-bond acceptors (Lipinski definition) is 3. The summed E-state index contributed by atoms with van der Waals surface area (Å²) in [5.41, 5.74) is 0.530. The smallest absolute Gasteiger partial charge is 0.282 e. The summed E-state index contributed by atoms with van der Waals surface area (Å²) in [5.74, 6) is -0.352. The predicted molar refractivity (Wildman–Crippen MR) is 73.8 cm³/mol. The number of benzene rings is 1. The molecule has 0 saturated carbocycles. The molecular weight excluding hydrogens is 286 g/mol. The number of nitrogens with zero attached hydrogens (tertiary/aromatic N) is 1. The van der Waals surface area contributed by atoms with E-state index in [1.165, 1.54) is 24.3 Å². The minimum absolute atomic E-state index is 0.00971. The van der Waals surface area contributed by atoms with E-state index in [1.807, 2.05) is 0 Å². The maximum atomic E-state index is 12.1. The third kappa shape index (κ3) is 2.83. The first-order chi connectivity index (χ1) is 8.92. The first-order valence-corrected chi connectivity index (χ1v) is 7.23. The molecule has 0 N–H and O–H groups in total. The Kier molecular flexibility index (Phi) is 3.68. The molecule has 19 heavy (non-hydrogen) atoms. The lowest BCUT2D eigenvalue weighted by Crippen LogP contribution is -2.12. The van der Waals surface area contributed by atoms with E-state index in [0.717, 1.165) is 0 Å². The zero-order valence-electron chi connectivity index (χ0n) is 10.00. The minimum atomic E-state index is -3.80. The van der Waals surface area contributed by atoms with Gasteiger partial charge in [-0.1, -0.05) is 29.8 Å². The summed E-state index contributed by atoms with van der Waals surface area (Å²) in [6.45, 7) is 1.56. The minimum Gasteiger partial charge on any atom is -0.288 e. The highest BCUT2D eigenvalue weighted by molar-refractivity contribution is 7.90. The molecule has 0 atom stereocenters. The molecule has 0 heterocycles. The molecule has 1 aliphatic rings. The van der Waals surface area contributed by atoms with Crippen LogP contribution in [0.25, 0.3) is 0 Å². The fourth-order valence-electron chi connectivity index (χ4n) is 1.52. The van der Waals surface area contributed by atoms with Crippen LogP contribution in [-0.2, 0) is 14.8 Å². The molecule has 0 radical (unpaired) electrons. The van der Waals surface area contributed by atoms with Crippen molar-refractivity contribution in [1.82, 2.24) is 0 Å².